The van der Waals surface area contributed by atoms with Crippen LogP contribution in [-0.2, 0) is 11.3 Å². The van der Waals surface area contributed by atoms with Gasteiger partial charge in [-0.2, -0.15) is 0 Å². The number of ketones is 1. The molecule has 0 saturated carbocycles. The highest BCUT2D eigenvalue weighted by Crippen LogP contribution is 2.18. The van der Waals surface area contributed by atoms with Gasteiger partial charge in [-0.25, -0.2) is 0 Å². The SMILES string of the molecule is C#Cc1ccc(CNC(=O)C(=O)c2c[nH]c3ccccc23)cc1. The fourth-order valence-electron chi connectivity index (χ4n) is 2.36. The summed E-state index contributed by atoms with van der Waals surface area (Å²) in [5.41, 5.74) is 2.85. The van der Waals surface area contributed by atoms with Crippen LogP contribution in [0.1, 0.15) is 21.5 Å². The van der Waals surface area contributed by atoms with Crippen LogP contribution >= 0.6 is 0 Å². The molecule has 1 heterocycles. The third-order valence-electron chi connectivity index (χ3n) is 3.61. The number of terminal acetylenes is 1. The molecule has 2 N–H and O–H groups in total. The Kier molecular flexibility index (Phi) is 3.94. The lowest BCUT2D eigenvalue weighted by Gasteiger charge is -2.04. The van der Waals surface area contributed by atoms with Crippen LogP contribution in [-0.4, -0.2) is 16.7 Å². The molecule has 0 atom stereocenters. The Labute approximate surface area is 133 Å². The molecule has 3 aromatic rings. The summed E-state index contributed by atoms with van der Waals surface area (Å²) in [6.45, 7) is 0.276. The van der Waals surface area contributed by atoms with Gasteiger partial charge in [0.1, 0.15) is 0 Å². The predicted octanol–water partition coefficient (Wildman–Crippen LogP) is 2.65. The highest BCUT2D eigenvalue weighted by molar-refractivity contribution is 6.44. The van der Waals surface area contributed by atoms with Gasteiger partial charge in [0.15, 0.2) is 0 Å². The summed E-state index contributed by atoms with van der Waals surface area (Å²) in [7, 11) is 0. The average Bonchev–Trinajstić information content (AvgIpc) is 3.03. The molecule has 4 heteroatoms. The second-order valence-corrected chi connectivity index (χ2v) is 5.10. The number of aromatic amines is 1. The van der Waals surface area contributed by atoms with Crippen LogP contribution in [0.2, 0.25) is 0 Å². The number of aromatic nitrogens is 1. The minimum absolute atomic E-state index is 0.276. The Hall–Kier alpha value is -3.32. The number of hydrogen-bond acceptors (Lipinski definition) is 2. The first-order chi connectivity index (χ1) is 11.2. The van der Waals surface area contributed by atoms with E-state index in [1.165, 1.54) is 0 Å². The summed E-state index contributed by atoms with van der Waals surface area (Å²) in [5.74, 6) is 1.35. The smallest absolute Gasteiger partial charge is 0.292 e. The second-order valence-electron chi connectivity index (χ2n) is 5.10. The molecule has 0 aliphatic rings. The summed E-state index contributed by atoms with van der Waals surface area (Å²) in [5, 5.41) is 3.38. The highest BCUT2D eigenvalue weighted by atomic mass is 16.2. The van der Waals surface area contributed by atoms with Gasteiger partial charge < -0.3 is 10.3 Å². The van der Waals surface area contributed by atoms with E-state index in [1.54, 1.807) is 18.3 Å². The van der Waals surface area contributed by atoms with Crippen molar-refractivity contribution in [2.45, 2.75) is 6.54 Å². The van der Waals surface area contributed by atoms with E-state index in [2.05, 4.69) is 16.2 Å². The van der Waals surface area contributed by atoms with E-state index in [1.807, 2.05) is 36.4 Å². The van der Waals surface area contributed by atoms with Crippen LogP contribution in [0.25, 0.3) is 10.9 Å². The van der Waals surface area contributed by atoms with Crippen molar-refractivity contribution in [1.82, 2.24) is 10.3 Å². The summed E-state index contributed by atoms with van der Waals surface area (Å²) in [6.07, 6.45) is 6.86. The molecule has 112 valence electrons. The van der Waals surface area contributed by atoms with Gasteiger partial charge in [0.25, 0.3) is 11.7 Å². The van der Waals surface area contributed by atoms with Gasteiger partial charge in [0.2, 0.25) is 0 Å². The first-order valence-electron chi connectivity index (χ1n) is 7.13. The lowest BCUT2D eigenvalue weighted by Crippen LogP contribution is -2.30. The van der Waals surface area contributed by atoms with Gasteiger partial charge in [-0.3, -0.25) is 9.59 Å². The Morgan fingerprint density at radius 3 is 2.57 bits per heavy atom. The van der Waals surface area contributed by atoms with Gasteiger partial charge in [-0.15, -0.1) is 6.42 Å². The van der Waals surface area contributed by atoms with Crippen LogP contribution < -0.4 is 5.32 Å². The summed E-state index contributed by atoms with van der Waals surface area (Å²) in [4.78, 5) is 27.3. The monoisotopic (exact) mass is 302 g/mol. The lowest BCUT2D eigenvalue weighted by molar-refractivity contribution is -0.117. The maximum absolute atomic E-state index is 12.3. The van der Waals surface area contributed by atoms with Crippen molar-refractivity contribution in [3.63, 3.8) is 0 Å². The van der Waals surface area contributed by atoms with Crippen LogP contribution in [0.4, 0.5) is 0 Å². The quantitative estimate of drug-likeness (QED) is 0.442. The predicted molar refractivity (Wildman–Crippen MR) is 88.9 cm³/mol. The first kappa shape index (κ1) is 14.6. The normalized spacial score (nSPS) is 10.2. The largest absolute Gasteiger partial charge is 0.360 e. The van der Waals surface area contributed by atoms with Gasteiger partial charge in [-0.05, 0) is 23.8 Å². The van der Waals surface area contributed by atoms with Crippen LogP contribution in [0.15, 0.2) is 54.7 Å². The second kappa shape index (κ2) is 6.20. The van der Waals surface area contributed by atoms with Crippen LogP contribution in [0.5, 0.6) is 0 Å². The van der Waals surface area contributed by atoms with Gasteiger partial charge >= 0.3 is 0 Å². The first-order valence-corrected chi connectivity index (χ1v) is 7.13. The van der Waals surface area contributed by atoms with Gasteiger partial charge in [0, 0.05) is 29.2 Å². The molecule has 3 rings (SSSR count). The molecule has 0 fully saturated rings. The molecule has 0 spiro atoms. The van der Waals surface area contributed by atoms with E-state index in [4.69, 9.17) is 6.42 Å². The lowest BCUT2D eigenvalue weighted by atomic mass is 10.1. The number of carbonyl (C=O) groups is 2. The Balaban J connectivity index is 1.70. The van der Waals surface area contributed by atoms with Crippen molar-refractivity contribution in [2.75, 3.05) is 0 Å². The molecule has 1 aromatic heterocycles. The Morgan fingerprint density at radius 1 is 1.09 bits per heavy atom. The van der Waals surface area contributed by atoms with Crippen molar-refractivity contribution in [3.05, 3.63) is 71.4 Å². The Morgan fingerprint density at radius 2 is 1.83 bits per heavy atom. The van der Waals surface area contributed by atoms with Gasteiger partial charge in [-0.1, -0.05) is 36.3 Å². The minimum atomic E-state index is -0.629. The van der Waals surface area contributed by atoms with E-state index in [9.17, 15) is 9.59 Å². The zero-order chi connectivity index (χ0) is 16.2. The zero-order valence-corrected chi connectivity index (χ0v) is 12.3. The van der Waals surface area contributed by atoms with Crippen molar-refractivity contribution in [3.8, 4) is 12.3 Å². The number of carbonyl (C=O) groups excluding carboxylic acids is 2. The maximum atomic E-state index is 12.3. The molecule has 23 heavy (non-hydrogen) atoms. The molecule has 2 aromatic carbocycles. The molecule has 0 radical (unpaired) electrons. The molecular weight excluding hydrogens is 288 g/mol. The molecular formula is C19H14N2O2. The van der Waals surface area contributed by atoms with Crippen LogP contribution in [0.3, 0.4) is 0 Å². The number of nitrogens with one attached hydrogen (secondary N) is 2. The summed E-state index contributed by atoms with van der Waals surface area (Å²) >= 11 is 0. The van der Waals surface area contributed by atoms with E-state index >= 15 is 0 Å². The third-order valence-corrected chi connectivity index (χ3v) is 3.61. The summed E-state index contributed by atoms with van der Waals surface area (Å²) in [6, 6.07) is 14.6. The molecule has 1 amide bonds. The summed E-state index contributed by atoms with van der Waals surface area (Å²) < 4.78 is 0. The number of rotatable bonds is 4. The topological polar surface area (TPSA) is 62.0 Å². The van der Waals surface area contributed by atoms with E-state index < -0.39 is 11.7 Å². The zero-order valence-electron chi connectivity index (χ0n) is 12.3. The fraction of sp³-hybridized carbons (Fsp3) is 0.0526. The average molecular weight is 302 g/mol. The van der Waals surface area contributed by atoms with E-state index in [0.717, 1.165) is 22.0 Å². The number of Topliss-reactive ketones (excluding diaryl/α,β-unsaturated/α-hetero) is 1. The van der Waals surface area contributed by atoms with E-state index in [-0.39, 0.29) is 6.54 Å². The van der Waals surface area contributed by atoms with Crippen molar-refractivity contribution < 1.29 is 9.59 Å². The molecule has 0 aliphatic heterocycles. The number of benzene rings is 2. The molecule has 0 saturated heterocycles. The van der Waals surface area contributed by atoms with Crippen molar-refractivity contribution in [1.29, 1.82) is 0 Å². The van der Waals surface area contributed by atoms with Crippen molar-refractivity contribution >= 4 is 22.6 Å². The molecule has 0 unspecified atom stereocenters. The number of amides is 1. The molecule has 4 nitrogen and oxygen atoms in total. The number of H-pyrrole nitrogens is 1. The Bertz CT molecular complexity index is 914. The fourth-order valence-corrected chi connectivity index (χ4v) is 2.36. The number of hydrogen-bond donors (Lipinski definition) is 2. The molecule has 0 aliphatic carbocycles. The van der Waals surface area contributed by atoms with Crippen LogP contribution in [0, 0.1) is 12.3 Å². The minimum Gasteiger partial charge on any atom is -0.360 e. The van der Waals surface area contributed by atoms with E-state index in [0.29, 0.717) is 5.56 Å². The number of fused-ring (bicyclic) bond motifs is 1. The van der Waals surface area contributed by atoms with Crippen molar-refractivity contribution in [2.24, 2.45) is 0 Å². The third kappa shape index (κ3) is 2.99. The maximum Gasteiger partial charge on any atom is 0.292 e. The standard InChI is InChI=1S/C19H14N2O2/c1-2-13-7-9-14(10-8-13)11-21-19(23)18(22)16-12-20-17-6-4-3-5-15(16)17/h1,3-10,12,20H,11H2,(H,21,23). The van der Waals surface area contributed by atoms with Gasteiger partial charge in [0.05, 0.1) is 5.56 Å². The highest BCUT2D eigenvalue weighted by Gasteiger charge is 2.19. The number of para-hydroxylation sites is 1. The molecule has 0 bridgehead atoms.